The van der Waals surface area contributed by atoms with Crippen LogP contribution in [0.4, 0.5) is 0 Å². The minimum Gasteiger partial charge on any atom is -0.387 e. The molecule has 1 aromatic rings. The highest BCUT2D eigenvalue weighted by atomic mass is 16.3. The monoisotopic (exact) mass is 274 g/mol. The minimum absolute atomic E-state index is 0.0284. The smallest absolute Gasteiger partial charge is 0.248 e. The van der Waals surface area contributed by atoms with E-state index in [4.69, 9.17) is 0 Å². The summed E-state index contributed by atoms with van der Waals surface area (Å²) >= 11 is 0. The fourth-order valence-electron chi connectivity index (χ4n) is 5.16. The van der Waals surface area contributed by atoms with E-state index in [2.05, 4.69) is 17.2 Å². The molecule has 2 heterocycles. The van der Waals surface area contributed by atoms with Crippen molar-refractivity contribution >= 4 is 0 Å². The van der Waals surface area contributed by atoms with Crippen LogP contribution < -0.4 is 10.9 Å². The third-order valence-corrected chi connectivity index (χ3v) is 5.76. The number of rotatable bonds is 0. The Hall–Kier alpha value is -1.13. The second kappa shape index (κ2) is 4.18. The number of nitrogens with one attached hydrogen (secondary N) is 2. The zero-order chi connectivity index (χ0) is 13.9. The van der Waals surface area contributed by atoms with E-state index in [0.29, 0.717) is 11.8 Å². The number of aliphatic hydroxyl groups excluding tert-OH is 1. The van der Waals surface area contributed by atoms with Gasteiger partial charge in [0.25, 0.3) is 0 Å². The molecule has 1 aliphatic heterocycles. The molecule has 2 aliphatic carbocycles. The van der Waals surface area contributed by atoms with Gasteiger partial charge in [0.2, 0.25) is 5.56 Å². The molecule has 4 heteroatoms. The summed E-state index contributed by atoms with van der Waals surface area (Å²) in [7, 11) is 0. The molecule has 0 spiro atoms. The Bertz CT molecular complexity index is 596. The molecule has 0 amide bonds. The van der Waals surface area contributed by atoms with Gasteiger partial charge in [0, 0.05) is 11.6 Å². The number of pyridine rings is 1. The number of hydrogen-bond donors (Lipinski definition) is 3. The van der Waals surface area contributed by atoms with Gasteiger partial charge < -0.3 is 15.4 Å². The molecule has 108 valence electrons. The van der Waals surface area contributed by atoms with Crippen LogP contribution in [0.25, 0.3) is 0 Å². The standard InChI is InChI=1S/C16H22N2O2/c1-9-7-10-11-3-2-6-17-16(11,8-9)12-4-5-13(19)18-14(12)15(10)20/h4-5,9-11,15,17,20H,2-3,6-8H2,1H3,(H,18,19)/t9-,10-,11-,15-,16-/m0/s1. The molecule has 2 bridgehead atoms. The Morgan fingerprint density at radius 3 is 3.10 bits per heavy atom. The summed E-state index contributed by atoms with van der Waals surface area (Å²) in [4.78, 5) is 14.5. The highest BCUT2D eigenvalue weighted by molar-refractivity contribution is 5.37. The molecule has 1 aromatic heterocycles. The molecule has 5 atom stereocenters. The van der Waals surface area contributed by atoms with Crippen LogP contribution in [0.2, 0.25) is 0 Å². The van der Waals surface area contributed by atoms with Gasteiger partial charge >= 0.3 is 0 Å². The average Bonchev–Trinajstić information content (AvgIpc) is 2.44. The first kappa shape index (κ1) is 12.6. The van der Waals surface area contributed by atoms with Crippen LogP contribution in [0.1, 0.15) is 50.0 Å². The lowest BCUT2D eigenvalue weighted by Crippen LogP contribution is -2.61. The maximum Gasteiger partial charge on any atom is 0.248 e. The van der Waals surface area contributed by atoms with Crippen LogP contribution in [0.3, 0.4) is 0 Å². The summed E-state index contributed by atoms with van der Waals surface area (Å²) in [5.74, 6) is 1.38. The largest absolute Gasteiger partial charge is 0.387 e. The number of fused-ring (bicyclic) bond motifs is 1. The fourth-order valence-corrected chi connectivity index (χ4v) is 5.16. The van der Waals surface area contributed by atoms with Crippen molar-refractivity contribution in [1.82, 2.24) is 10.3 Å². The summed E-state index contributed by atoms with van der Waals surface area (Å²) in [5.41, 5.74) is 1.76. The Balaban J connectivity index is 1.96. The van der Waals surface area contributed by atoms with Crippen molar-refractivity contribution in [3.05, 3.63) is 33.7 Å². The lowest BCUT2D eigenvalue weighted by atomic mass is 9.53. The van der Waals surface area contributed by atoms with Gasteiger partial charge in [-0.3, -0.25) is 4.79 Å². The van der Waals surface area contributed by atoms with E-state index in [1.165, 1.54) is 12.8 Å². The SMILES string of the molecule is C[C@H]1C[C@@H]2[C@H](O)c3[nH]c(=O)ccc3[C@@]3(C1)NCCC[C@@H]23. The van der Waals surface area contributed by atoms with E-state index in [0.717, 1.165) is 30.6 Å². The van der Waals surface area contributed by atoms with Crippen LogP contribution in [-0.4, -0.2) is 16.6 Å². The van der Waals surface area contributed by atoms with Crippen LogP contribution in [0.5, 0.6) is 0 Å². The zero-order valence-corrected chi connectivity index (χ0v) is 11.9. The summed E-state index contributed by atoms with van der Waals surface area (Å²) < 4.78 is 0. The third-order valence-electron chi connectivity index (χ3n) is 5.76. The first-order valence-electron chi connectivity index (χ1n) is 7.78. The molecule has 0 unspecified atom stereocenters. The first-order chi connectivity index (χ1) is 9.62. The van der Waals surface area contributed by atoms with E-state index in [1.54, 1.807) is 6.07 Å². The summed E-state index contributed by atoms with van der Waals surface area (Å²) in [6.45, 7) is 3.31. The molecule has 20 heavy (non-hydrogen) atoms. The van der Waals surface area contributed by atoms with E-state index in [-0.39, 0.29) is 17.0 Å². The molecule has 3 aliphatic rings. The van der Waals surface area contributed by atoms with Gasteiger partial charge in [-0.15, -0.1) is 0 Å². The Kier molecular flexibility index (Phi) is 2.63. The van der Waals surface area contributed by atoms with Gasteiger partial charge in [0.15, 0.2) is 0 Å². The topological polar surface area (TPSA) is 65.1 Å². The van der Waals surface area contributed by atoms with Gasteiger partial charge in [-0.2, -0.15) is 0 Å². The summed E-state index contributed by atoms with van der Waals surface area (Å²) in [6, 6.07) is 3.55. The Labute approximate surface area is 118 Å². The average molecular weight is 274 g/mol. The summed E-state index contributed by atoms with van der Waals surface area (Å²) in [5, 5.41) is 14.5. The van der Waals surface area contributed by atoms with Crippen molar-refractivity contribution in [3.8, 4) is 0 Å². The Morgan fingerprint density at radius 1 is 1.40 bits per heavy atom. The van der Waals surface area contributed by atoms with E-state index in [1.807, 2.05) is 6.07 Å². The zero-order valence-electron chi connectivity index (χ0n) is 11.9. The van der Waals surface area contributed by atoms with Crippen molar-refractivity contribution in [2.75, 3.05) is 6.54 Å². The molecule has 0 aromatic carbocycles. The van der Waals surface area contributed by atoms with Crippen LogP contribution in [-0.2, 0) is 5.54 Å². The van der Waals surface area contributed by atoms with E-state index < -0.39 is 6.10 Å². The van der Waals surface area contributed by atoms with E-state index in [9.17, 15) is 9.90 Å². The number of aromatic nitrogens is 1. The third kappa shape index (κ3) is 1.52. The second-order valence-electron chi connectivity index (χ2n) is 6.95. The highest BCUT2D eigenvalue weighted by Gasteiger charge is 2.56. The Morgan fingerprint density at radius 2 is 2.25 bits per heavy atom. The lowest BCUT2D eigenvalue weighted by Gasteiger charge is -2.58. The minimum atomic E-state index is -0.514. The van der Waals surface area contributed by atoms with Crippen LogP contribution >= 0.6 is 0 Å². The number of piperidine rings is 1. The van der Waals surface area contributed by atoms with E-state index >= 15 is 0 Å². The highest BCUT2D eigenvalue weighted by Crippen LogP contribution is 2.58. The van der Waals surface area contributed by atoms with Gasteiger partial charge in [-0.1, -0.05) is 6.92 Å². The molecule has 1 saturated carbocycles. The molecule has 0 radical (unpaired) electrons. The molecule has 4 rings (SSSR count). The molecular weight excluding hydrogens is 252 g/mol. The number of H-pyrrole nitrogens is 1. The van der Waals surface area contributed by atoms with Crippen molar-refractivity contribution < 1.29 is 5.11 Å². The number of aromatic amines is 1. The van der Waals surface area contributed by atoms with Crippen LogP contribution in [0, 0.1) is 17.8 Å². The fraction of sp³-hybridized carbons (Fsp3) is 0.688. The van der Waals surface area contributed by atoms with Gasteiger partial charge in [0.1, 0.15) is 0 Å². The normalized spacial score (nSPS) is 42.7. The van der Waals surface area contributed by atoms with Gasteiger partial charge in [-0.25, -0.2) is 0 Å². The molecule has 4 nitrogen and oxygen atoms in total. The quantitative estimate of drug-likeness (QED) is 0.674. The first-order valence-corrected chi connectivity index (χ1v) is 7.78. The number of aliphatic hydroxyl groups is 1. The second-order valence-corrected chi connectivity index (χ2v) is 6.95. The van der Waals surface area contributed by atoms with Crippen LogP contribution in [0.15, 0.2) is 16.9 Å². The van der Waals surface area contributed by atoms with Gasteiger partial charge in [0.05, 0.1) is 11.8 Å². The van der Waals surface area contributed by atoms with Crippen molar-refractivity contribution in [2.45, 2.75) is 44.2 Å². The maximum absolute atomic E-state index is 11.6. The van der Waals surface area contributed by atoms with Gasteiger partial charge in [-0.05, 0) is 61.6 Å². The molecule has 1 saturated heterocycles. The maximum atomic E-state index is 11.6. The molecular formula is C16H22N2O2. The predicted molar refractivity (Wildman–Crippen MR) is 76.3 cm³/mol. The summed E-state index contributed by atoms with van der Waals surface area (Å²) in [6.07, 6.45) is 4.02. The molecule has 2 fully saturated rings. The lowest BCUT2D eigenvalue weighted by molar-refractivity contribution is -0.0643. The van der Waals surface area contributed by atoms with Crippen molar-refractivity contribution in [3.63, 3.8) is 0 Å². The molecule has 3 N–H and O–H groups in total. The predicted octanol–water partition coefficient (Wildman–Crippen LogP) is 1.66. The van der Waals surface area contributed by atoms with Crippen molar-refractivity contribution in [1.29, 1.82) is 0 Å². The number of hydrogen-bond acceptors (Lipinski definition) is 3. The van der Waals surface area contributed by atoms with Crippen molar-refractivity contribution in [2.24, 2.45) is 17.8 Å².